The molecule has 3 rings (SSSR count). The number of aryl methyl sites for hydroxylation is 1. The molecule has 1 amide bonds. The van der Waals surface area contributed by atoms with Crippen LogP contribution < -0.4 is 0 Å². The monoisotopic (exact) mass is 347 g/mol. The molecule has 0 aromatic carbocycles. The largest absolute Gasteiger partial charge is 0.444 e. The maximum Gasteiger partial charge on any atom is 0.410 e. The average molecular weight is 347 g/mol. The summed E-state index contributed by atoms with van der Waals surface area (Å²) in [6.45, 7) is 7.04. The number of rotatable bonds is 2. The molecular weight excluding hydrogens is 322 g/mol. The van der Waals surface area contributed by atoms with E-state index in [0.29, 0.717) is 38.2 Å². The number of fused-ring (bicyclic) bond motifs is 3. The zero-order valence-corrected chi connectivity index (χ0v) is 15.1. The van der Waals surface area contributed by atoms with Gasteiger partial charge in [0.15, 0.2) is 5.78 Å². The van der Waals surface area contributed by atoms with E-state index in [4.69, 9.17) is 4.74 Å². The summed E-state index contributed by atoms with van der Waals surface area (Å²) < 4.78 is 7.23. The van der Waals surface area contributed by atoms with E-state index in [9.17, 15) is 14.4 Å². The van der Waals surface area contributed by atoms with Gasteiger partial charge in [-0.05, 0) is 33.6 Å². The molecule has 25 heavy (non-hydrogen) atoms. The number of aldehydes is 1. The number of aromatic nitrogens is 2. The molecule has 0 aliphatic carbocycles. The van der Waals surface area contributed by atoms with E-state index in [1.807, 2.05) is 20.8 Å². The lowest BCUT2D eigenvalue weighted by molar-refractivity contribution is -0.108. The van der Waals surface area contributed by atoms with Crippen LogP contribution in [-0.2, 0) is 29.0 Å². The molecule has 0 bridgehead atoms. The lowest BCUT2D eigenvalue weighted by Gasteiger charge is -2.30. The fourth-order valence-corrected chi connectivity index (χ4v) is 3.50. The summed E-state index contributed by atoms with van der Waals surface area (Å²) >= 11 is 0. The number of amides is 1. The SMILES string of the molecule is CC(C)(C)OC(=O)N1CCc2nn3c(c2C1)C(=O)C(CC=O)CCC3. The molecule has 1 unspecified atom stereocenters. The second-order valence-corrected chi connectivity index (χ2v) is 7.75. The number of nitrogens with zero attached hydrogens (tertiary/aromatic N) is 3. The van der Waals surface area contributed by atoms with Crippen LogP contribution in [0, 0.1) is 5.92 Å². The van der Waals surface area contributed by atoms with Gasteiger partial charge < -0.3 is 14.4 Å². The Bertz CT molecular complexity index is 702. The highest BCUT2D eigenvalue weighted by atomic mass is 16.6. The first kappa shape index (κ1) is 17.6. The molecule has 2 aliphatic rings. The maximum atomic E-state index is 12.9. The third-order valence-electron chi connectivity index (χ3n) is 4.66. The van der Waals surface area contributed by atoms with Crippen LogP contribution in [0.2, 0.25) is 0 Å². The Balaban J connectivity index is 1.87. The minimum absolute atomic E-state index is 0.0237. The third-order valence-corrected chi connectivity index (χ3v) is 4.66. The molecule has 7 heteroatoms. The van der Waals surface area contributed by atoms with Gasteiger partial charge in [-0.3, -0.25) is 9.48 Å². The van der Waals surface area contributed by atoms with E-state index in [1.165, 1.54) is 0 Å². The van der Waals surface area contributed by atoms with Crippen LogP contribution in [0.1, 0.15) is 61.8 Å². The highest BCUT2D eigenvalue weighted by Crippen LogP contribution is 2.30. The number of carbonyl (C=O) groups excluding carboxylic acids is 3. The smallest absolute Gasteiger partial charge is 0.410 e. The molecule has 0 radical (unpaired) electrons. The minimum Gasteiger partial charge on any atom is -0.444 e. The number of hydrogen-bond donors (Lipinski definition) is 0. The number of carbonyl (C=O) groups is 3. The van der Waals surface area contributed by atoms with Crippen molar-refractivity contribution in [2.75, 3.05) is 6.54 Å². The van der Waals surface area contributed by atoms with Crippen LogP contribution in [0.25, 0.3) is 0 Å². The molecule has 1 atom stereocenters. The van der Waals surface area contributed by atoms with Gasteiger partial charge in [-0.2, -0.15) is 5.10 Å². The van der Waals surface area contributed by atoms with Crippen molar-refractivity contribution in [2.45, 2.75) is 65.1 Å². The molecular formula is C18H25N3O4. The highest BCUT2D eigenvalue weighted by molar-refractivity contribution is 5.99. The molecule has 0 saturated heterocycles. The van der Waals surface area contributed by atoms with Crippen molar-refractivity contribution in [3.05, 3.63) is 17.0 Å². The predicted octanol–water partition coefficient (Wildman–Crippen LogP) is 2.36. The van der Waals surface area contributed by atoms with Crippen molar-refractivity contribution < 1.29 is 19.1 Å². The second-order valence-electron chi connectivity index (χ2n) is 7.75. The first-order valence-electron chi connectivity index (χ1n) is 8.84. The van der Waals surface area contributed by atoms with Crippen molar-refractivity contribution in [3.63, 3.8) is 0 Å². The van der Waals surface area contributed by atoms with Gasteiger partial charge in [0.25, 0.3) is 0 Å². The molecule has 1 aromatic heterocycles. The van der Waals surface area contributed by atoms with Crippen LogP contribution >= 0.6 is 0 Å². The number of hydrogen-bond acceptors (Lipinski definition) is 5. The van der Waals surface area contributed by atoms with Gasteiger partial charge in [-0.1, -0.05) is 0 Å². The fourth-order valence-electron chi connectivity index (χ4n) is 3.50. The number of ketones is 1. The minimum atomic E-state index is -0.557. The summed E-state index contributed by atoms with van der Waals surface area (Å²) in [7, 11) is 0. The van der Waals surface area contributed by atoms with Crippen LogP contribution in [0.4, 0.5) is 4.79 Å². The predicted molar refractivity (Wildman–Crippen MR) is 90.3 cm³/mol. The van der Waals surface area contributed by atoms with Gasteiger partial charge in [0, 0.05) is 37.4 Å². The van der Waals surface area contributed by atoms with E-state index in [2.05, 4.69) is 5.10 Å². The van der Waals surface area contributed by atoms with Gasteiger partial charge in [-0.25, -0.2) is 4.79 Å². The zero-order valence-electron chi connectivity index (χ0n) is 15.1. The molecule has 0 spiro atoms. The van der Waals surface area contributed by atoms with E-state index in [0.717, 1.165) is 24.0 Å². The van der Waals surface area contributed by atoms with Crippen LogP contribution in [0.3, 0.4) is 0 Å². The maximum absolute atomic E-state index is 12.9. The van der Waals surface area contributed by atoms with Crippen molar-refractivity contribution >= 4 is 18.2 Å². The average Bonchev–Trinajstić information content (AvgIpc) is 2.81. The van der Waals surface area contributed by atoms with Crippen molar-refractivity contribution in [1.82, 2.24) is 14.7 Å². The first-order valence-corrected chi connectivity index (χ1v) is 8.84. The van der Waals surface area contributed by atoms with Gasteiger partial charge in [0.2, 0.25) is 0 Å². The Morgan fingerprint density at radius 2 is 2.12 bits per heavy atom. The Labute approximate surface area is 147 Å². The van der Waals surface area contributed by atoms with E-state index >= 15 is 0 Å². The third kappa shape index (κ3) is 3.60. The number of Topliss-reactive ketones (excluding diaryl/α,β-unsaturated/α-hetero) is 1. The molecule has 7 nitrogen and oxygen atoms in total. The van der Waals surface area contributed by atoms with Crippen molar-refractivity contribution in [1.29, 1.82) is 0 Å². The fraction of sp³-hybridized carbons (Fsp3) is 0.667. The Hall–Kier alpha value is -2.18. The summed E-state index contributed by atoms with van der Waals surface area (Å²) in [6.07, 6.45) is 2.82. The van der Waals surface area contributed by atoms with E-state index in [1.54, 1.807) is 9.58 Å². The van der Waals surface area contributed by atoms with Gasteiger partial charge in [0.1, 0.15) is 17.6 Å². The Morgan fingerprint density at radius 1 is 1.36 bits per heavy atom. The van der Waals surface area contributed by atoms with E-state index < -0.39 is 5.60 Å². The van der Waals surface area contributed by atoms with E-state index in [-0.39, 0.29) is 24.2 Å². The topological polar surface area (TPSA) is 81.5 Å². The molecule has 2 aliphatic heterocycles. The molecule has 0 fully saturated rings. The number of ether oxygens (including phenoxy) is 1. The Kier molecular flexibility index (Phi) is 4.67. The zero-order chi connectivity index (χ0) is 18.2. The van der Waals surface area contributed by atoms with Gasteiger partial charge in [0.05, 0.1) is 12.2 Å². The summed E-state index contributed by atoms with van der Waals surface area (Å²) in [5, 5.41) is 4.59. The lowest BCUT2D eigenvalue weighted by atomic mass is 9.92. The van der Waals surface area contributed by atoms with Gasteiger partial charge in [-0.15, -0.1) is 0 Å². The normalized spacial score (nSPS) is 20.5. The molecule has 136 valence electrons. The van der Waals surface area contributed by atoms with Crippen molar-refractivity contribution in [2.24, 2.45) is 5.92 Å². The van der Waals surface area contributed by atoms with Crippen molar-refractivity contribution in [3.8, 4) is 0 Å². The standard InChI is InChI=1S/C18H25N3O4/c1-18(2,3)25-17(24)20-9-6-14-13(11-20)15-16(23)12(7-10-22)5-4-8-21(15)19-14/h10,12H,4-9,11H2,1-3H3. The Morgan fingerprint density at radius 3 is 2.80 bits per heavy atom. The molecule has 0 N–H and O–H groups in total. The molecule has 3 heterocycles. The molecule has 1 aromatic rings. The quantitative estimate of drug-likeness (QED) is 0.767. The first-order chi connectivity index (χ1) is 11.8. The van der Waals surface area contributed by atoms with Crippen LogP contribution in [-0.4, -0.2) is 45.0 Å². The second kappa shape index (κ2) is 6.61. The van der Waals surface area contributed by atoms with Crippen LogP contribution in [0.15, 0.2) is 0 Å². The lowest BCUT2D eigenvalue weighted by Crippen LogP contribution is -2.40. The van der Waals surface area contributed by atoms with Crippen LogP contribution in [0.5, 0.6) is 0 Å². The summed E-state index contributed by atoms with van der Waals surface area (Å²) in [5.41, 5.74) is 1.72. The summed E-state index contributed by atoms with van der Waals surface area (Å²) in [6, 6.07) is 0. The summed E-state index contributed by atoms with van der Waals surface area (Å²) in [5.74, 6) is -0.305. The van der Waals surface area contributed by atoms with Gasteiger partial charge >= 0.3 is 6.09 Å². The summed E-state index contributed by atoms with van der Waals surface area (Å²) in [4.78, 5) is 37.8. The highest BCUT2D eigenvalue weighted by Gasteiger charge is 2.35. The molecule has 0 saturated carbocycles.